The summed E-state index contributed by atoms with van der Waals surface area (Å²) in [7, 11) is 0. The third kappa shape index (κ3) is 2.37. The molecule has 0 fully saturated rings. The molecule has 3 rings (SSSR count). The zero-order valence-electron chi connectivity index (χ0n) is 10.2. The van der Waals surface area contributed by atoms with E-state index in [0.29, 0.717) is 22.1 Å². The van der Waals surface area contributed by atoms with Crippen molar-refractivity contribution in [3.8, 4) is 0 Å². The Labute approximate surface area is 112 Å². The first-order valence-electron chi connectivity index (χ1n) is 5.71. The molecule has 6 nitrogen and oxygen atoms in total. The monoisotopic (exact) mass is 273 g/mol. The Morgan fingerprint density at radius 2 is 2.26 bits per heavy atom. The van der Waals surface area contributed by atoms with Crippen LogP contribution in [0.1, 0.15) is 11.4 Å². The number of para-hydroxylation sites is 1. The van der Waals surface area contributed by atoms with Crippen LogP contribution in [0.4, 0.5) is 0 Å². The van der Waals surface area contributed by atoms with Crippen molar-refractivity contribution in [1.82, 2.24) is 25.1 Å². The van der Waals surface area contributed by atoms with E-state index in [9.17, 15) is 4.79 Å². The molecule has 1 aromatic carbocycles. The quantitative estimate of drug-likeness (QED) is 0.708. The van der Waals surface area contributed by atoms with Gasteiger partial charge in [0.15, 0.2) is 5.16 Å². The average Bonchev–Trinajstić information content (AvgIpc) is 2.91. The summed E-state index contributed by atoms with van der Waals surface area (Å²) in [6, 6.07) is 5.58. The lowest BCUT2D eigenvalue weighted by atomic mass is 10.1. The van der Waals surface area contributed by atoms with Gasteiger partial charge in [0, 0.05) is 0 Å². The Kier molecular flexibility index (Phi) is 3.04. The van der Waals surface area contributed by atoms with Crippen molar-refractivity contribution >= 4 is 22.7 Å². The van der Waals surface area contributed by atoms with Gasteiger partial charge in [-0.3, -0.25) is 9.89 Å². The summed E-state index contributed by atoms with van der Waals surface area (Å²) in [6.45, 7) is 1.95. The molecule has 0 aliphatic rings. The van der Waals surface area contributed by atoms with Gasteiger partial charge in [0.1, 0.15) is 12.2 Å². The molecule has 0 saturated carbocycles. The third-order valence-electron chi connectivity index (χ3n) is 2.73. The molecular weight excluding hydrogens is 262 g/mol. The first-order valence-corrected chi connectivity index (χ1v) is 6.69. The fourth-order valence-corrected chi connectivity index (χ4v) is 2.47. The van der Waals surface area contributed by atoms with Gasteiger partial charge in [0.2, 0.25) is 0 Å². The average molecular weight is 273 g/mol. The number of hydrogen-bond acceptors (Lipinski definition) is 5. The van der Waals surface area contributed by atoms with Crippen LogP contribution >= 0.6 is 11.8 Å². The van der Waals surface area contributed by atoms with Crippen LogP contribution in [0.3, 0.4) is 0 Å². The summed E-state index contributed by atoms with van der Waals surface area (Å²) in [6.07, 6.45) is 1.45. The molecule has 19 heavy (non-hydrogen) atoms. The molecule has 0 aliphatic heterocycles. The van der Waals surface area contributed by atoms with E-state index >= 15 is 0 Å². The zero-order chi connectivity index (χ0) is 13.2. The smallest absolute Gasteiger partial charge is 0.258 e. The number of hydrogen-bond donors (Lipinski definition) is 2. The van der Waals surface area contributed by atoms with E-state index in [4.69, 9.17) is 0 Å². The van der Waals surface area contributed by atoms with Gasteiger partial charge in [-0.15, -0.1) is 0 Å². The van der Waals surface area contributed by atoms with Gasteiger partial charge in [-0.1, -0.05) is 23.9 Å². The van der Waals surface area contributed by atoms with Gasteiger partial charge in [0.25, 0.3) is 5.56 Å². The lowest BCUT2D eigenvalue weighted by molar-refractivity contribution is 0.965. The maximum Gasteiger partial charge on any atom is 0.258 e. The maximum atomic E-state index is 12.0. The number of H-pyrrole nitrogens is 2. The maximum absolute atomic E-state index is 12.0. The van der Waals surface area contributed by atoms with Gasteiger partial charge in [-0.2, -0.15) is 5.10 Å². The summed E-state index contributed by atoms with van der Waals surface area (Å²) < 4.78 is 0. The van der Waals surface area contributed by atoms with Gasteiger partial charge >= 0.3 is 0 Å². The number of aromatic nitrogens is 5. The molecule has 0 aliphatic carbocycles. The first-order chi connectivity index (χ1) is 9.24. The van der Waals surface area contributed by atoms with Crippen LogP contribution in [-0.4, -0.2) is 25.1 Å². The minimum absolute atomic E-state index is 0.109. The SMILES string of the molecule is Cc1cccc2c(=O)[nH]c(CSc3ncn[nH]3)nc12. The molecule has 0 saturated heterocycles. The molecular formula is C12H11N5OS. The van der Waals surface area contributed by atoms with Crippen molar-refractivity contribution in [2.75, 3.05) is 0 Å². The predicted octanol–water partition coefficient (Wildman–Crippen LogP) is 1.64. The van der Waals surface area contributed by atoms with Crippen LogP contribution in [0.15, 0.2) is 34.5 Å². The second-order valence-corrected chi connectivity index (χ2v) is 5.03. The highest BCUT2D eigenvalue weighted by Gasteiger charge is 2.07. The van der Waals surface area contributed by atoms with Crippen molar-refractivity contribution < 1.29 is 0 Å². The zero-order valence-corrected chi connectivity index (χ0v) is 11.0. The highest BCUT2D eigenvalue weighted by atomic mass is 32.2. The molecule has 0 spiro atoms. The van der Waals surface area contributed by atoms with Crippen LogP contribution in [-0.2, 0) is 5.75 Å². The number of thioether (sulfide) groups is 1. The number of aromatic amines is 2. The number of benzene rings is 1. The van der Waals surface area contributed by atoms with Gasteiger partial charge in [-0.25, -0.2) is 9.97 Å². The summed E-state index contributed by atoms with van der Waals surface area (Å²) >= 11 is 1.44. The van der Waals surface area contributed by atoms with Crippen LogP contribution in [0, 0.1) is 6.92 Å². The van der Waals surface area contributed by atoms with E-state index in [1.165, 1.54) is 18.1 Å². The minimum atomic E-state index is -0.109. The Morgan fingerprint density at radius 1 is 1.37 bits per heavy atom. The molecule has 0 bridgehead atoms. The van der Waals surface area contributed by atoms with E-state index in [0.717, 1.165) is 11.1 Å². The number of nitrogens with one attached hydrogen (secondary N) is 2. The topological polar surface area (TPSA) is 87.3 Å². The second-order valence-electron chi connectivity index (χ2n) is 4.06. The predicted molar refractivity (Wildman–Crippen MR) is 73.0 cm³/mol. The van der Waals surface area contributed by atoms with Crippen LogP contribution in [0.5, 0.6) is 0 Å². The fraction of sp³-hybridized carbons (Fsp3) is 0.167. The van der Waals surface area contributed by atoms with Gasteiger partial charge in [0.05, 0.1) is 16.7 Å². The standard InChI is InChI=1S/C12H11N5OS/c1-7-3-2-4-8-10(7)15-9(16-11(8)18)5-19-12-13-6-14-17-12/h2-4,6H,5H2,1H3,(H,13,14,17)(H,15,16,18). The van der Waals surface area contributed by atoms with Crippen molar-refractivity contribution in [3.05, 3.63) is 46.3 Å². The number of aryl methyl sites for hydroxylation is 1. The molecule has 0 radical (unpaired) electrons. The van der Waals surface area contributed by atoms with Gasteiger partial charge < -0.3 is 4.98 Å². The number of nitrogens with zero attached hydrogens (tertiary/aromatic N) is 3. The molecule has 96 valence electrons. The lowest BCUT2D eigenvalue weighted by Crippen LogP contribution is -2.11. The molecule has 7 heteroatoms. The Balaban J connectivity index is 1.96. The van der Waals surface area contributed by atoms with Crippen molar-refractivity contribution in [2.45, 2.75) is 17.8 Å². The molecule has 0 amide bonds. The molecule has 3 aromatic rings. The molecule has 0 atom stereocenters. The Bertz CT molecular complexity index is 765. The van der Waals surface area contributed by atoms with E-state index < -0.39 is 0 Å². The molecule has 2 N–H and O–H groups in total. The Hall–Kier alpha value is -2.15. The van der Waals surface area contributed by atoms with Crippen LogP contribution < -0.4 is 5.56 Å². The summed E-state index contributed by atoms with van der Waals surface area (Å²) in [5.41, 5.74) is 1.64. The summed E-state index contributed by atoms with van der Waals surface area (Å²) in [5.74, 6) is 1.17. The normalized spacial score (nSPS) is 11.0. The van der Waals surface area contributed by atoms with Crippen molar-refractivity contribution in [3.63, 3.8) is 0 Å². The highest BCUT2D eigenvalue weighted by molar-refractivity contribution is 7.98. The van der Waals surface area contributed by atoms with Crippen LogP contribution in [0.25, 0.3) is 10.9 Å². The van der Waals surface area contributed by atoms with E-state index in [1.54, 1.807) is 6.07 Å². The van der Waals surface area contributed by atoms with Crippen LogP contribution in [0.2, 0.25) is 0 Å². The molecule has 2 aromatic heterocycles. The summed E-state index contributed by atoms with van der Waals surface area (Å²) in [5, 5.41) is 7.84. The summed E-state index contributed by atoms with van der Waals surface area (Å²) in [4.78, 5) is 23.3. The molecule has 0 unspecified atom stereocenters. The van der Waals surface area contributed by atoms with Gasteiger partial charge in [-0.05, 0) is 18.6 Å². The lowest BCUT2D eigenvalue weighted by Gasteiger charge is -2.03. The highest BCUT2D eigenvalue weighted by Crippen LogP contribution is 2.17. The minimum Gasteiger partial charge on any atom is -0.309 e. The van der Waals surface area contributed by atoms with Crippen molar-refractivity contribution in [1.29, 1.82) is 0 Å². The second kappa shape index (κ2) is 4.85. The Morgan fingerprint density at radius 3 is 3.05 bits per heavy atom. The first kappa shape index (κ1) is 11.9. The van der Waals surface area contributed by atoms with Crippen molar-refractivity contribution in [2.24, 2.45) is 0 Å². The fourth-order valence-electron chi connectivity index (χ4n) is 1.82. The molecule has 2 heterocycles. The third-order valence-corrected chi connectivity index (χ3v) is 3.61. The number of fused-ring (bicyclic) bond motifs is 1. The van der Waals surface area contributed by atoms with E-state index in [-0.39, 0.29) is 5.56 Å². The van der Waals surface area contributed by atoms with E-state index in [1.807, 2.05) is 19.1 Å². The largest absolute Gasteiger partial charge is 0.309 e. The van der Waals surface area contributed by atoms with E-state index in [2.05, 4.69) is 25.1 Å². The number of rotatable bonds is 3.